The van der Waals surface area contributed by atoms with E-state index in [1.807, 2.05) is 0 Å². The average Bonchev–Trinajstić information content (AvgIpc) is 2.46. The highest BCUT2D eigenvalue weighted by Gasteiger charge is 2.31. The Hall–Kier alpha value is -2.24. The molecule has 2 rings (SSSR count). The summed E-state index contributed by atoms with van der Waals surface area (Å²) in [5.41, 5.74) is 0.690. The smallest absolute Gasteiger partial charge is 0.234 e. The summed E-state index contributed by atoms with van der Waals surface area (Å²) in [4.78, 5) is 23.2. The molecule has 0 bridgehead atoms. The van der Waals surface area contributed by atoms with Crippen molar-refractivity contribution in [2.45, 2.75) is 18.8 Å². The standard InChI is InChI=1S/C14H17NO5/c1-18-10-7-12(20-3)11(19-2)6-9(10)8-4-5-13(16)15-14(8)17/h6-8H,4-5H2,1-3H3,(H,15,16,17). The maximum Gasteiger partial charge on any atom is 0.234 e. The molecule has 6 heteroatoms. The molecule has 6 nitrogen and oxygen atoms in total. The molecule has 1 fully saturated rings. The number of nitrogens with one attached hydrogen (secondary N) is 1. The van der Waals surface area contributed by atoms with Crippen LogP contribution in [0.3, 0.4) is 0 Å². The van der Waals surface area contributed by atoms with Crippen molar-refractivity contribution >= 4 is 11.8 Å². The van der Waals surface area contributed by atoms with Crippen LogP contribution in [0.15, 0.2) is 12.1 Å². The highest BCUT2D eigenvalue weighted by atomic mass is 16.5. The second kappa shape index (κ2) is 5.81. The van der Waals surface area contributed by atoms with Crippen LogP contribution in [0.5, 0.6) is 17.2 Å². The van der Waals surface area contributed by atoms with Crippen molar-refractivity contribution in [2.75, 3.05) is 21.3 Å². The molecular weight excluding hydrogens is 262 g/mol. The second-order valence-corrected chi connectivity index (χ2v) is 4.45. The highest BCUT2D eigenvalue weighted by Crippen LogP contribution is 2.40. The zero-order valence-electron chi connectivity index (χ0n) is 11.7. The summed E-state index contributed by atoms with van der Waals surface area (Å²) < 4.78 is 15.8. The SMILES string of the molecule is COc1cc(OC)c(C2CCC(=O)NC2=O)cc1OC. The number of amides is 2. The van der Waals surface area contributed by atoms with Crippen LogP contribution in [0, 0.1) is 0 Å². The minimum absolute atomic E-state index is 0.245. The number of ether oxygens (including phenoxy) is 3. The fraction of sp³-hybridized carbons (Fsp3) is 0.429. The molecule has 1 atom stereocenters. The van der Waals surface area contributed by atoms with Crippen LogP contribution < -0.4 is 19.5 Å². The molecule has 0 aromatic heterocycles. The molecular formula is C14H17NO5. The lowest BCUT2D eigenvalue weighted by atomic mass is 9.89. The minimum Gasteiger partial charge on any atom is -0.496 e. The first-order valence-corrected chi connectivity index (χ1v) is 6.24. The van der Waals surface area contributed by atoms with Gasteiger partial charge in [-0.05, 0) is 12.5 Å². The van der Waals surface area contributed by atoms with Gasteiger partial charge in [-0.1, -0.05) is 0 Å². The van der Waals surface area contributed by atoms with Gasteiger partial charge in [-0.15, -0.1) is 0 Å². The summed E-state index contributed by atoms with van der Waals surface area (Å²) >= 11 is 0. The molecule has 1 N–H and O–H groups in total. The summed E-state index contributed by atoms with van der Waals surface area (Å²) in [5, 5.41) is 2.34. The Bertz CT molecular complexity index is 541. The molecule has 1 unspecified atom stereocenters. The van der Waals surface area contributed by atoms with Gasteiger partial charge in [-0.25, -0.2) is 0 Å². The molecule has 1 aliphatic rings. The zero-order valence-corrected chi connectivity index (χ0v) is 11.7. The predicted octanol–water partition coefficient (Wildman–Crippen LogP) is 1.23. The van der Waals surface area contributed by atoms with Crippen molar-refractivity contribution in [3.05, 3.63) is 17.7 Å². The lowest BCUT2D eigenvalue weighted by Gasteiger charge is -2.23. The van der Waals surface area contributed by atoms with Crippen LogP contribution >= 0.6 is 0 Å². The van der Waals surface area contributed by atoms with Gasteiger partial charge in [0.1, 0.15) is 5.75 Å². The van der Waals surface area contributed by atoms with Gasteiger partial charge in [0.05, 0.1) is 27.2 Å². The van der Waals surface area contributed by atoms with Gasteiger partial charge in [-0.3, -0.25) is 14.9 Å². The topological polar surface area (TPSA) is 73.9 Å². The number of carbonyl (C=O) groups excluding carboxylic acids is 2. The number of carbonyl (C=O) groups is 2. The van der Waals surface area contributed by atoms with Crippen LogP contribution in [0.1, 0.15) is 24.3 Å². The quantitative estimate of drug-likeness (QED) is 0.839. The first-order chi connectivity index (χ1) is 9.60. The Kier molecular flexibility index (Phi) is 4.12. The van der Waals surface area contributed by atoms with E-state index in [1.165, 1.54) is 21.3 Å². The summed E-state index contributed by atoms with van der Waals surface area (Å²) in [5.74, 6) is 0.602. The maximum atomic E-state index is 12.0. The number of benzene rings is 1. The van der Waals surface area contributed by atoms with E-state index >= 15 is 0 Å². The number of imide groups is 1. The first kappa shape index (κ1) is 14.2. The van der Waals surface area contributed by atoms with Gasteiger partial charge in [-0.2, -0.15) is 0 Å². The van der Waals surface area contributed by atoms with E-state index in [4.69, 9.17) is 14.2 Å². The van der Waals surface area contributed by atoms with Gasteiger partial charge in [0.15, 0.2) is 11.5 Å². The normalized spacial score (nSPS) is 18.4. The van der Waals surface area contributed by atoms with Gasteiger partial charge in [0.25, 0.3) is 0 Å². The van der Waals surface area contributed by atoms with E-state index in [2.05, 4.69) is 5.32 Å². The summed E-state index contributed by atoms with van der Waals surface area (Å²) in [6.45, 7) is 0. The van der Waals surface area contributed by atoms with Crippen LogP contribution in [0.4, 0.5) is 0 Å². The number of hydrogen-bond donors (Lipinski definition) is 1. The van der Waals surface area contributed by atoms with Crippen LogP contribution in [0.2, 0.25) is 0 Å². The van der Waals surface area contributed by atoms with E-state index < -0.39 is 5.92 Å². The van der Waals surface area contributed by atoms with Gasteiger partial charge in [0.2, 0.25) is 11.8 Å². The average molecular weight is 279 g/mol. The summed E-state index contributed by atoms with van der Waals surface area (Å²) in [7, 11) is 4.58. The first-order valence-electron chi connectivity index (χ1n) is 6.24. The van der Waals surface area contributed by atoms with Crippen LogP contribution in [-0.4, -0.2) is 33.1 Å². The third-order valence-electron chi connectivity index (χ3n) is 3.35. The van der Waals surface area contributed by atoms with E-state index in [0.717, 1.165) is 0 Å². The van der Waals surface area contributed by atoms with Gasteiger partial charge < -0.3 is 14.2 Å². The van der Waals surface area contributed by atoms with Crippen molar-refractivity contribution in [1.82, 2.24) is 5.32 Å². The fourth-order valence-corrected chi connectivity index (χ4v) is 2.32. The van der Waals surface area contributed by atoms with E-state index in [0.29, 0.717) is 35.7 Å². The minimum atomic E-state index is -0.428. The Balaban J connectivity index is 2.44. The van der Waals surface area contributed by atoms with Gasteiger partial charge in [0, 0.05) is 18.1 Å². The second-order valence-electron chi connectivity index (χ2n) is 4.45. The van der Waals surface area contributed by atoms with Gasteiger partial charge >= 0.3 is 0 Å². The van der Waals surface area contributed by atoms with Crippen LogP contribution in [0.25, 0.3) is 0 Å². The third-order valence-corrected chi connectivity index (χ3v) is 3.35. The molecule has 0 radical (unpaired) electrons. The number of hydrogen-bond acceptors (Lipinski definition) is 5. The molecule has 2 amide bonds. The molecule has 1 aliphatic heterocycles. The fourth-order valence-electron chi connectivity index (χ4n) is 2.32. The zero-order chi connectivity index (χ0) is 14.7. The van der Waals surface area contributed by atoms with Crippen molar-refractivity contribution < 1.29 is 23.8 Å². The molecule has 0 aliphatic carbocycles. The van der Waals surface area contributed by atoms with Crippen molar-refractivity contribution in [3.63, 3.8) is 0 Å². The maximum absolute atomic E-state index is 12.0. The lowest BCUT2D eigenvalue weighted by molar-refractivity contribution is -0.134. The Labute approximate surface area is 117 Å². The van der Waals surface area contributed by atoms with Crippen LogP contribution in [-0.2, 0) is 9.59 Å². The molecule has 1 aromatic carbocycles. The molecule has 108 valence electrons. The van der Waals surface area contributed by atoms with Crippen molar-refractivity contribution in [2.24, 2.45) is 0 Å². The predicted molar refractivity (Wildman–Crippen MR) is 71.2 cm³/mol. The molecule has 0 saturated carbocycles. The van der Waals surface area contributed by atoms with E-state index in [-0.39, 0.29) is 11.8 Å². The Morgan fingerprint density at radius 3 is 2.15 bits per heavy atom. The van der Waals surface area contributed by atoms with E-state index in [1.54, 1.807) is 12.1 Å². The molecule has 1 heterocycles. The Morgan fingerprint density at radius 1 is 1.00 bits per heavy atom. The molecule has 1 aromatic rings. The Morgan fingerprint density at radius 2 is 1.60 bits per heavy atom. The monoisotopic (exact) mass is 279 g/mol. The number of piperidine rings is 1. The summed E-state index contributed by atoms with van der Waals surface area (Å²) in [6, 6.07) is 3.40. The highest BCUT2D eigenvalue weighted by molar-refractivity contribution is 6.01. The van der Waals surface area contributed by atoms with E-state index in [9.17, 15) is 9.59 Å². The lowest BCUT2D eigenvalue weighted by Crippen LogP contribution is -2.39. The number of rotatable bonds is 4. The largest absolute Gasteiger partial charge is 0.496 e. The number of methoxy groups -OCH3 is 3. The third kappa shape index (κ3) is 2.54. The van der Waals surface area contributed by atoms with Crippen molar-refractivity contribution in [1.29, 1.82) is 0 Å². The molecule has 20 heavy (non-hydrogen) atoms. The summed E-state index contributed by atoms with van der Waals surface area (Å²) in [6.07, 6.45) is 0.768. The van der Waals surface area contributed by atoms with Crippen molar-refractivity contribution in [3.8, 4) is 17.2 Å². The molecule has 0 spiro atoms. The molecule has 1 saturated heterocycles.